The number of rotatable bonds is 2. The Morgan fingerprint density at radius 1 is 1.21 bits per heavy atom. The lowest BCUT2D eigenvalue weighted by atomic mass is 10.1. The van der Waals surface area contributed by atoms with Gasteiger partial charge in [-0.25, -0.2) is 0 Å². The SMILES string of the molecule is O=C(c1ccc(Cl)c(Cl)c1)C(Cl)(Cl)Br. The van der Waals surface area contributed by atoms with Gasteiger partial charge in [0, 0.05) is 5.56 Å². The molecule has 0 aromatic heterocycles. The Bertz CT molecular complexity index is 372. The molecule has 0 heterocycles. The van der Waals surface area contributed by atoms with E-state index in [-0.39, 0.29) is 5.02 Å². The van der Waals surface area contributed by atoms with Crippen molar-refractivity contribution in [3.05, 3.63) is 33.8 Å². The molecular formula is C8H3BrCl4O. The lowest BCUT2D eigenvalue weighted by Crippen LogP contribution is -2.18. The number of hydrogen-bond acceptors (Lipinski definition) is 1. The van der Waals surface area contributed by atoms with Crippen molar-refractivity contribution >= 4 is 68.1 Å². The van der Waals surface area contributed by atoms with Gasteiger partial charge in [0.15, 0.2) is 0 Å². The van der Waals surface area contributed by atoms with Gasteiger partial charge in [-0.2, -0.15) is 0 Å². The molecule has 0 aliphatic heterocycles. The quantitative estimate of drug-likeness (QED) is 0.565. The zero-order valence-corrected chi connectivity index (χ0v) is 11.1. The van der Waals surface area contributed by atoms with Gasteiger partial charge in [0.05, 0.1) is 10.0 Å². The number of carbonyl (C=O) groups excluding carboxylic acids is 1. The third-order valence-corrected chi connectivity index (χ3v) is 2.88. The molecule has 0 unspecified atom stereocenters. The summed E-state index contributed by atoms with van der Waals surface area (Å²) in [5, 5.41) is 0.648. The lowest BCUT2D eigenvalue weighted by Gasteiger charge is -2.09. The van der Waals surface area contributed by atoms with E-state index in [1.165, 1.54) is 18.2 Å². The molecule has 0 radical (unpaired) electrons. The first kappa shape index (κ1) is 12.6. The summed E-state index contributed by atoms with van der Waals surface area (Å²) in [6, 6.07) is 4.41. The Morgan fingerprint density at radius 3 is 2.21 bits per heavy atom. The van der Waals surface area contributed by atoms with Crippen LogP contribution in [0.5, 0.6) is 0 Å². The third kappa shape index (κ3) is 3.01. The highest BCUT2D eigenvalue weighted by molar-refractivity contribution is 9.11. The van der Waals surface area contributed by atoms with Gasteiger partial charge in [-0.3, -0.25) is 4.79 Å². The molecule has 1 aromatic carbocycles. The number of ketones is 1. The molecule has 0 saturated heterocycles. The first-order chi connectivity index (χ1) is 6.32. The van der Waals surface area contributed by atoms with Gasteiger partial charge >= 0.3 is 0 Å². The molecule has 0 amide bonds. The second-order valence-corrected chi connectivity index (χ2v) is 6.70. The van der Waals surface area contributed by atoms with E-state index in [2.05, 4.69) is 15.9 Å². The van der Waals surface area contributed by atoms with Gasteiger partial charge in [0.1, 0.15) is 0 Å². The Morgan fingerprint density at radius 2 is 1.79 bits per heavy atom. The molecule has 0 spiro atoms. The van der Waals surface area contributed by atoms with Crippen LogP contribution in [0, 0.1) is 0 Å². The Balaban J connectivity index is 3.10. The van der Waals surface area contributed by atoms with Crippen molar-refractivity contribution in [2.24, 2.45) is 0 Å². The van der Waals surface area contributed by atoms with Gasteiger partial charge in [0.2, 0.25) is 9.03 Å². The fraction of sp³-hybridized carbons (Fsp3) is 0.125. The van der Waals surface area contributed by atoms with Gasteiger partial charge in [-0.1, -0.05) is 46.4 Å². The zero-order valence-electron chi connectivity index (χ0n) is 6.53. The van der Waals surface area contributed by atoms with Gasteiger partial charge in [0.25, 0.3) is 0 Å². The van der Waals surface area contributed by atoms with E-state index < -0.39 is 9.03 Å². The predicted octanol–water partition coefficient (Wildman–Crippen LogP) is 4.70. The van der Waals surface area contributed by atoms with E-state index in [1.54, 1.807) is 0 Å². The van der Waals surface area contributed by atoms with Crippen LogP contribution in [0.3, 0.4) is 0 Å². The molecule has 6 heteroatoms. The van der Waals surface area contributed by atoms with Crippen LogP contribution in [-0.4, -0.2) is 9.03 Å². The highest BCUT2D eigenvalue weighted by Gasteiger charge is 2.31. The molecule has 0 fully saturated rings. The Hall–Kier alpha value is 0.530. The standard InChI is InChI=1S/C8H3BrCl4O/c9-8(12,13)7(14)4-1-2-5(10)6(11)3-4/h1-3H. The number of Topliss-reactive ketones (excluding diaryl/α,β-unsaturated/α-hetero) is 1. The van der Waals surface area contributed by atoms with Gasteiger partial charge in [-0.05, 0) is 34.1 Å². The molecule has 1 rings (SSSR count). The molecule has 1 aromatic rings. The minimum atomic E-state index is -1.63. The van der Waals surface area contributed by atoms with Crippen LogP contribution in [0.1, 0.15) is 10.4 Å². The Labute approximate surface area is 109 Å². The smallest absolute Gasteiger partial charge is 0.234 e. The van der Waals surface area contributed by atoms with Crippen molar-refractivity contribution < 1.29 is 4.79 Å². The molecule has 14 heavy (non-hydrogen) atoms. The molecule has 1 nitrogen and oxygen atoms in total. The van der Waals surface area contributed by atoms with Crippen molar-refractivity contribution in [3.63, 3.8) is 0 Å². The second kappa shape index (κ2) is 4.58. The maximum atomic E-state index is 11.5. The first-order valence-electron chi connectivity index (χ1n) is 3.39. The van der Waals surface area contributed by atoms with Crippen LogP contribution in [0.15, 0.2) is 18.2 Å². The summed E-state index contributed by atoms with van der Waals surface area (Å²) in [6.45, 7) is 0. The van der Waals surface area contributed by atoms with Crippen LogP contribution in [0.4, 0.5) is 0 Å². The molecule has 0 aliphatic carbocycles. The lowest BCUT2D eigenvalue weighted by molar-refractivity contribution is 0.1000. The van der Waals surface area contributed by atoms with Crippen LogP contribution in [0.2, 0.25) is 10.0 Å². The van der Waals surface area contributed by atoms with Crippen molar-refractivity contribution in [2.45, 2.75) is 3.24 Å². The van der Waals surface area contributed by atoms with E-state index in [0.29, 0.717) is 10.6 Å². The van der Waals surface area contributed by atoms with Crippen molar-refractivity contribution in [3.8, 4) is 0 Å². The minimum Gasteiger partial charge on any atom is -0.290 e. The maximum Gasteiger partial charge on any atom is 0.234 e. The molecule has 0 aliphatic rings. The highest BCUT2D eigenvalue weighted by Crippen LogP contribution is 2.34. The van der Waals surface area contributed by atoms with E-state index in [4.69, 9.17) is 46.4 Å². The normalized spacial score (nSPS) is 11.5. The van der Waals surface area contributed by atoms with Crippen LogP contribution in [-0.2, 0) is 0 Å². The van der Waals surface area contributed by atoms with Crippen LogP contribution >= 0.6 is 62.3 Å². The molecular weight excluding hydrogens is 334 g/mol. The summed E-state index contributed by atoms with van der Waals surface area (Å²) in [4.78, 5) is 11.5. The largest absolute Gasteiger partial charge is 0.290 e. The second-order valence-electron chi connectivity index (χ2n) is 2.46. The fourth-order valence-electron chi connectivity index (χ4n) is 0.801. The topological polar surface area (TPSA) is 17.1 Å². The van der Waals surface area contributed by atoms with Crippen LogP contribution in [0.25, 0.3) is 0 Å². The first-order valence-corrected chi connectivity index (χ1v) is 5.69. The summed E-state index contributed by atoms with van der Waals surface area (Å²) in [5.74, 6) is -0.487. The maximum absolute atomic E-state index is 11.5. The number of halogens is 5. The molecule has 0 N–H and O–H groups in total. The average Bonchev–Trinajstić information content (AvgIpc) is 2.07. The number of hydrogen-bond donors (Lipinski definition) is 0. The third-order valence-electron chi connectivity index (χ3n) is 1.44. The summed E-state index contributed by atoms with van der Waals surface area (Å²) in [5.41, 5.74) is 0.293. The molecule has 76 valence electrons. The van der Waals surface area contributed by atoms with Crippen molar-refractivity contribution in [2.75, 3.05) is 0 Å². The highest BCUT2D eigenvalue weighted by atomic mass is 79.9. The van der Waals surface area contributed by atoms with Crippen LogP contribution < -0.4 is 0 Å². The average molecular weight is 337 g/mol. The number of alkyl halides is 3. The van der Waals surface area contributed by atoms with E-state index in [9.17, 15) is 4.79 Å². The zero-order chi connectivity index (χ0) is 10.9. The monoisotopic (exact) mass is 334 g/mol. The predicted molar refractivity (Wildman–Crippen MR) is 64.2 cm³/mol. The summed E-state index contributed by atoms with van der Waals surface area (Å²) in [6.07, 6.45) is 0. The molecule has 0 atom stereocenters. The summed E-state index contributed by atoms with van der Waals surface area (Å²) < 4.78 is -1.63. The van der Waals surface area contributed by atoms with Gasteiger partial charge < -0.3 is 0 Å². The number of benzene rings is 1. The van der Waals surface area contributed by atoms with E-state index >= 15 is 0 Å². The van der Waals surface area contributed by atoms with Gasteiger partial charge in [-0.15, -0.1) is 0 Å². The minimum absolute atomic E-state index is 0.280. The van der Waals surface area contributed by atoms with E-state index in [1.807, 2.05) is 0 Å². The number of carbonyl (C=O) groups is 1. The van der Waals surface area contributed by atoms with E-state index in [0.717, 1.165) is 0 Å². The summed E-state index contributed by atoms with van der Waals surface area (Å²) in [7, 11) is 0. The fourth-order valence-corrected chi connectivity index (χ4v) is 1.55. The summed E-state index contributed by atoms with van der Waals surface area (Å²) >= 11 is 25.4. The molecule has 0 saturated carbocycles. The van der Waals surface area contributed by atoms with Crippen molar-refractivity contribution in [1.29, 1.82) is 0 Å². The van der Waals surface area contributed by atoms with Crippen molar-refractivity contribution in [1.82, 2.24) is 0 Å². The Kier molecular flexibility index (Phi) is 4.12. The molecule has 0 bridgehead atoms.